The quantitative estimate of drug-likeness (QED) is 0.622. The Morgan fingerprint density at radius 3 is 1.12 bits per heavy atom. The van der Waals surface area contributed by atoms with Gasteiger partial charge in [-0.3, -0.25) is 0 Å². The second kappa shape index (κ2) is 4.44. The molecule has 1 aliphatic carbocycles. The van der Waals surface area contributed by atoms with Crippen LogP contribution in [0.1, 0.15) is 27.7 Å². The van der Waals surface area contributed by atoms with Crippen LogP contribution in [0.3, 0.4) is 0 Å². The second-order valence-electron chi connectivity index (χ2n) is 5.13. The van der Waals surface area contributed by atoms with Crippen LogP contribution in [0.25, 0.3) is 0 Å². The van der Waals surface area contributed by atoms with E-state index in [4.69, 9.17) is 0 Å². The van der Waals surface area contributed by atoms with Crippen LogP contribution in [0.4, 0.5) is 0 Å². The minimum Gasteiger partial charge on any atom is -0.550 e. The fraction of sp³-hybridized carbons (Fsp3) is 0.833. The minimum absolute atomic E-state index is 0.175. The van der Waals surface area contributed by atoms with Crippen molar-refractivity contribution in [1.82, 2.24) is 0 Å². The number of carbonyl (C=O) groups is 2. The molecule has 0 saturated heterocycles. The molecule has 4 nitrogen and oxygen atoms in total. The van der Waals surface area contributed by atoms with Crippen molar-refractivity contribution in [3.63, 3.8) is 0 Å². The van der Waals surface area contributed by atoms with E-state index >= 15 is 0 Å². The first-order chi connectivity index (χ1) is 7.29. The van der Waals surface area contributed by atoms with Crippen LogP contribution in [0.15, 0.2) is 0 Å². The summed E-state index contributed by atoms with van der Waals surface area (Å²) in [6.45, 7) is 7.49. The van der Waals surface area contributed by atoms with Gasteiger partial charge >= 0.3 is 0 Å². The molecule has 0 aromatic carbocycles. The predicted octanol–water partition coefficient (Wildman–Crippen LogP) is -0.723. The Bertz CT molecular complexity index is 269. The van der Waals surface area contributed by atoms with Crippen LogP contribution in [0, 0.1) is 35.5 Å². The molecule has 6 unspecified atom stereocenters. The molecule has 0 radical (unpaired) electrons. The summed E-state index contributed by atoms with van der Waals surface area (Å²) in [5.41, 5.74) is 0. The van der Waals surface area contributed by atoms with Gasteiger partial charge in [-0.25, -0.2) is 0 Å². The van der Waals surface area contributed by atoms with E-state index in [1.54, 1.807) is 13.8 Å². The molecular formula is C12H18O4-2. The van der Waals surface area contributed by atoms with Crippen LogP contribution in [-0.4, -0.2) is 11.9 Å². The Balaban J connectivity index is 3.10. The lowest BCUT2D eigenvalue weighted by atomic mass is 9.59. The molecule has 6 atom stereocenters. The maximum absolute atomic E-state index is 11.1. The van der Waals surface area contributed by atoms with Crippen molar-refractivity contribution in [2.24, 2.45) is 35.5 Å². The summed E-state index contributed by atoms with van der Waals surface area (Å²) in [6, 6.07) is 0. The summed E-state index contributed by atoms with van der Waals surface area (Å²) >= 11 is 0. The van der Waals surface area contributed by atoms with Gasteiger partial charge < -0.3 is 19.8 Å². The highest BCUT2D eigenvalue weighted by molar-refractivity contribution is 5.78. The second-order valence-corrected chi connectivity index (χ2v) is 5.13. The highest BCUT2D eigenvalue weighted by Gasteiger charge is 2.44. The smallest absolute Gasteiger partial charge is 0.0454 e. The van der Waals surface area contributed by atoms with E-state index in [0.717, 1.165) is 0 Å². The van der Waals surface area contributed by atoms with Gasteiger partial charge in [-0.05, 0) is 23.7 Å². The summed E-state index contributed by atoms with van der Waals surface area (Å²) in [4.78, 5) is 22.2. The first-order valence-electron chi connectivity index (χ1n) is 5.70. The van der Waals surface area contributed by atoms with Gasteiger partial charge in [-0.1, -0.05) is 27.7 Å². The number of aliphatic carboxylic acids is 2. The summed E-state index contributed by atoms with van der Waals surface area (Å²) in [7, 11) is 0. The average Bonchev–Trinajstić information content (AvgIpc) is 2.18. The zero-order valence-electron chi connectivity index (χ0n) is 10.1. The molecular weight excluding hydrogens is 208 g/mol. The number of hydrogen-bond acceptors (Lipinski definition) is 4. The Hall–Kier alpha value is -1.06. The molecule has 0 spiro atoms. The normalized spacial score (nSPS) is 44.0. The lowest BCUT2D eigenvalue weighted by Gasteiger charge is -2.49. The fourth-order valence-electron chi connectivity index (χ4n) is 2.99. The van der Waals surface area contributed by atoms with Crippen molar-refractivity contribution in [3.8, 4) is 0 Å². The Morgan fingerprint density at radius 2 is 0.938 bits per heavy atom. The van der Waals surface area contributed by atoms with E-state index in [1.807, 2.05) is 13.8 Å². The first-order valence-corrected chi connectivity index (χ1v) is 5.70. The Morgan fingerprint density at radius 1 is 0.688 bits per heavy atom. The maximum atomic E-state index is 11.1. The van der Waals surface area contributed by atoms with Crippen LogP contribution in [0.2, 0.25) is 0 Å². The lowest BCUT2D eigenvalue weighted by molar-refractivity contribution is -0.334. The molecule has 0 aliphatic heterocycles. The monoisotopic (exact) mass is 226 g/mol. The Kier molecular flexibility index (Phi) is 3.61. The van der Waals surface area contributed by atoms with Gasteiger partial charge in [0, 0.05) is 23.8 Å². The van der Waals surface area contributed by atoms with Crippen molar-refractivity contribution >= 4 is 11.9 Å². The highest BCUT2D eigenvalue weighted by Crippen LogP contribution is 2.45. The zero-order chi connectivity index (χ0) is 12.6. The van der Waals surface area contributed by atoms with Gasteiger partial charge in [-0.2, -0.15) is 0 Å². The van der Waals surface area contributed by atoms with Gasteiger partial charge in [0.1, 0.15) is 0 Å². The lowest BCUT2D eigenvalue weighted by Crippen LogP contribution is -2.55. The van der Waals surface area contributed by atoms with E-state index in [1.165, 1.54) is 0 Å². The fourth-order valence-corrected chi connectivity index (χ4v) is 2.99. The third kappa shape index (κ3) is 1.93. The van der Waals surface area contributed by atoms with Crippen LogP contribution in [-0.2, 0) is 9.59 Å². The SMILES string of the molecule is CC1C(C)C(C)C(C(=O)[O-])C(C(=O)[O-])C1C. The standard InChI is InChI=1S/C12H20O4/c1-5-6(2)8(4)10(12(15)16)9(7(5)3)11(13)14/h5-10H,1-4H3,(H,13,14)(H,15,16)/p-2. The number of carboxylic acid groups (broad SMARTS) is 2. The molecule has 4 heteroatoms. The van der Waals surface area contributed by atoms with E-state index in [0.29, 0.717) is 0 Å². The molecule has 0 bridgehead atoms. The molecule has 1 saturated carbocycles. The summed E-state index contributed by atoms with van der Waals surface area (Å²) in [5, 5.41) is 22.2. The van der Waals surface area contributed by atoms with Crippen molar-refractivity contribution in [3.05, 3.63) is 0 Å². The predicted molar refractivity (Wildman–Crippen MR) is 53.7 cm³/mol. The summed E-state index contributed by atoms with van der Waals surface area (Å²) in [6.07, 6.45) is 0. The number of carbonyl (C=O) groups excluding carboxylic acids is 2. The first kappa shape index (κ1) is 13.0. The van der Waals surface area contributed by atoms with Gasteiger partial charge in [-0.15, -0.1) is 0 Å². The number of carboxylic acids is 2. The van der Waals surface area contributed by atoms with Crippen molar-refractivity contribution in [1.29, 1.82) is 0 Å². The van der Waals surface area contributed by atoms with E-state index in [-0.39, 0.29) is 23.7 Å². The molecule has 0 aromatic heterocycles. The van der Waals surface area contributed by atoms with Crippen LogP contribution < -0.4 is 10.2 Å². The third-order valence-electron chi connectivity index (χ3n) is 4.55. The molecule has 1 fully saturated rings. The van der Waals surface area contributed by atoms with Gasteiger partial charge in [0.2, 0.25) is 0 Å². The van der Waals surface area contributed by atoms with Crippen molar-refractivity contribution in [2.75, 3.05) is 0 Å². The molecule has 92 valence electrons. The minimum atomic E-state index is -1.27. The molecule has 16 heavy (non-hydrogen) atoms. The summed E-state index contributed by atoms with van der Waals surface area (Å²) in [5.74, 6) is -4.46. The van der Waals surface area contributed by atoms with Crippen molar-refractivity contribution < 1.29 is 19.8 Å². The van der Waals surface area contributed by atoms with Gasteiger partial charge in [0.25, 0.3) is 0 Å². The number of hydrogen-bond donors (Lipinski definition) is 0. The zero-order valence-corrected chi connectivity index (χ0v) is 10.1. The van der Waals surface area contributed by atoms with E-state index in [9.17, 15) is 19.8 Å². The van der Waals surface area contributed by atoms with Crippen LogP contribution in [0.5, 0.6) is 0 Å². The van der Waals surface area contributed by atoms with Gasteiger partial charge in [0.05, 0.1) is 0 Å². The average molecular weight is 226 g/mol. The Labute approximate surface area is 95.7 Å². The largest absolute Gasteiger partial charge is 0.550 e. The third-order valence-corrected chi connectivity index (χ3v) is 4.55. The highest BCUT2D eigenvalue weighted by atomic mass is 16.4. The van der Waals surface area contributed by atoms with E-state index in [2.05, 4.69) is 0 Å². The molecule has 1 aliphatic rings. The molecule has 1 rings (SSSR count). The molecule has 0 N–H and O–H groups in total. The topological polar surface area (TPSA) is 80.3 Å². The maximum Gasteiger partial charge on any atom is 0.0454 e. The number of rotatable bonds is 2. The molecule has 0 aromatic rings. The van der Waals surface area contributed by atoms with Crippen molar-refractivity contribution in [2.45, 2.75) is 27.7 Å². The van der Waals surface area contributed by atoms with Gasteiger partial charge in [0.15, 0.2) is 0 Å². The molecule has 0 amide bonds. The van der Waals surface area contributed by atoms with E-state index < -0.39 is 23.8 Å². The van der Waals surface area contributed by atoms with Crippen LogP contribution >= 0.6 is 0 Å². The molecule has 0 heterocycles. The summed E-state index contributed by atoms with van der Waals surface area (Å²) < 4.78 is 0.